The Bertz CT molecular complexity index is 667. The van der Waals surface area contributed by atoms with Crippen molar-refractivity contribution in [2.45, 2.75) is 77.2 Å². The summed E-state index contributed by atoms with van der Waals surface area (Å²) < 4.78 is 20.3. The van der Waals surface area contributed by atoms with Gasteiger partial charge in [0.25, 0.3) is 0 Å². The third kappa shape index (κ3) is 22.6. The number of hydrogen-bond donors (Lipinski definition) is 2. The summed E-state index contributed by atoms with van der Waals surface area (Å²) in [6, 6.07) is -0.900. The van der Waals surface area contributed by atoms with Crippen LogP contribution in [0.1, 0.15) is 71.1 Å². The third-order valence-electron chi connectivity index (χ3n) is 4.87. The van der Waals surface area contributed by atoms with Gasteiger partial charge in [0, 0.05) is 20.1 Å². The van der Waals surface area contributed by atoms with Crippen LogP contribution in [-0.4, -0.2) is 51.9 Å². The van der Waals surface area contributed by atoms with Gasteiger partial charge in [-0.2, -0.15) is 0 Å². The van der Waals surface area contributed by atoms with Crippen molar-refractivity contribution in [3.8, 4) is 0 Å². The molecule has 0 fully saturated rings. The molecule has 0 heterocycles. The summed E-state index contributed by atoms with van der Waals surface area (Å²) in [7, 11) is 1.05. The number of unbranched alkanes of at least 4 members (excludes halogenated alkanes) is 4. The first-order valence-electron chi connectivity index (χ1n) is 12.8. The molecule has 0 aliphatic heterocycles. The minimum absolute atomic E-state index is 0.0233. The monoisotopic (exact) mass is 526 g/mol. The number of ether oxygens (including phenoxy) is 1. The van der Waals surface area contributed by atoms with E-state index >= 15 is 0 Å². The molecule has 0 spiro atoms. The molecule has 36 heavy (non-hydrogen) atoms. The van der Waals surface area contributed by atoms with Crippen molar-refractivity contribution in [3.63, 3.8) is 0 Å². The van der Waals surface area contributed by atoms with Crippen LogP contribution in [0.2, 0.25) is 0 Å². The molecule has 0 saturated carbocycles. The minimum Gasteiger partial charge on any atom is -0.468 e. The summed E-state index contributed by atoms with van der Waals surface area (Å²) in [6.45, 7) is 2.73. The summed E-state index contributed by atoms with van der Waals surface area (Å²) in [4.78, 5) is 23.2. The maximum absolute atomic E-state index is 11.9. The zero-order valence-corrected chi connectivity index (χ0v) is 23.3. The number of carbonyl (C=O) groups is 2. The number of methoxy groups -OCH3 is 1. The molecule has 2 unspecified atom stereocenters. The van der Waals surface area contributed by atoms with Crippen LogP contribution in [0.25, 0.3) is 0 Å². The lowest BCUT2D eigenvalue weighted by atomic mass is 10.2. The van der Waals surface area contributed by atoms with Crippen molar-refractivity contribution >= 4 is 20.5 Å². The van der Waals surface area contributed by atoms with Gasteiger partial charge in [0.2, 0.25) is 5.91 Å². The second kappa shape index (κ2) is 26.2. The van der Waals surface area contributed by atoms with Gasteiger partial charge < -0.3 is 29.4 Å². The van der Waals surface area contributed by atoms with Crippen LogP contribution in [0.4, 0.5) is 0 Å². The van der Waals surface area contributed by atoms with Crippen LogP contribution in [0.3, 0.4) is 0 Å². The molecule has 0 aliphatic carbocycles. The van der Waals surface area contributed by atoms with E-state index < -0.39 is 20.6 Å². The number of nitrogens with two attached hydrogens (primary N) is 1. The number of nitrogens with one attached hydrogen (secondary N) is 1. The van der Waals surface area contributed by atoms with E-state index in [4.69, 9.17) is 19.3 Å². The van der Waals surface area contributed by atoms with Gasteiger partial charge in [0.1, 0.15) is 6.04 Å². The van der Waals surface area contributed by atoms with Gasteiger partial charge in [-0.25, -0.2) is 0 Å². The molecule has 0 saturated heterocycles. The lowest BCUT2D eigenvalue weighted by Gasteiger charge is -2.16. The maximum atomic E-state index is 11.9. The lowest BCUT2D eigenvalue weighted by Crippen LogP contribution is -2.35. The van der Waals surface area contributed by atoms with E-state index in [-0.39, 0.29) is 19.1 Å². The van der Waals surface area contributed by atoms with Crippen molar-refractivity contribution in [3.05, 3.63) is 48.6 Å². The second-order valence-corrected chi connectivity index (χ2v) is 9.32. The summed E-state index contributed by atoms with van der Waals surface area (Å²) in [5, 5.41) is 2.80. The smallest absolute Gasteiger partial charge is 0.332 e. The third-order valence-corrected chi connectivity index (χ3v) is 5.92. The molecular weight excluding hydrogens is 479 g/mol. The predicted octanol–water partition coefficient (Wildman–Crippen LogP) is 5.66. The Morgan fingerprint density at radius 2 is 1.44 bits per heavy atom. The summed E-state index contributed by atoms with van der Waals surface area (Å²) in [5.74, 6) is -0.593. The normalized spacial score (nSPS) is 13.8. The highest BCUT2D eigenvalue weighted by Gasteiger charge is 2.18. The highest BCUT2D eigenvalue weighted by molar-refractivity contribution is 7.41. The molecule has 206 valence electrons. The van der Waals surface area contributed by atoms with E-state index in [1.54, 1.807) is 0 Å². The maximum Gasteiger partial charge on any atom is 0.332 e. The van der Waals surface area contributed by atoms with Crippen molar-refractivity contribution < 1.29 is 27.9 Å². The lowest BCUT2D eigenvalue weighted by molar-refractivity contribution is -0.142. The molecule has 0 radical (unpaired) electrons. The van der Waals surface area contributed by atoms with Gasteiger partial charge in [0.15, 0.2) is 0 Å². The fraction of sp³-hybridized carbons (Fsp3) is 0.630. The van der Waals surface area contributed by atoms with E-state index in [0.29, 0.717) is 13.0 Å². The molecule has 1 amide bonds. The average molecular weight is 527 g/mol. The van der Waals surface area contributed by atoms with E-state index in [2.05, 4.69) is 65.6 Å². The topological polar surface area (TPSA) is 109 Å². The van der Waals surface area contributed by atoms with Gasteiger partial charge in [-0.15, -0.1) is 0 Å². The molecule has 2 atom stereocenters. The standard InChI is InChI=1S/C27H47N2O6P/c1-4-5-6-7-8-9-10-11-12-13-14-15-16-17-18-19-20-21-26(30)29-22-23-34-36(33-3)35-24-25(28)27(31)32-2/h8-9,11-12,14-15,17-18,25H,4-7,10,13,16,19-24,28H2,1-3H3,(H,29,30)/b9-8-,12-11-,15-14-,18-17-. The van der Waals surface area contributed by atoms with Crippen molar-refractivity contribution in [1.82, 2.24) is 5.32 Å². The van der Waals surface area contributed by atoms with Crippen molar-refractivity contribution in [1.29, 1.82) is 0 Å². The van der Waals surface area contributed by atoms with Crippen LogP contribution in [-0.2, 0) is 27.9 Å². The predicted molar refractivity (Wildman–Crippen MR) is 147 cm³/mol. The van der Waals surface area contributed by atoms with Gasteiger partial charge in [0.05, 0.1) is 20.3 Å². The second-order valence-electron chi connectivity index (χ2n) is 8.00. The van der Waals surface area contributed by atoms with Crippen LogP contribution in [0.15, 0.2) is 48.6 Å². The number of carbonyl (C=O) groups excluding carboxylic acids is 2. The van der Waals surface area contributed by atoms with Crippen LogP contribution in [0.5, 0.6) is 0 Å². The van der Waals surface area contributed by atoms with E-state index in [1.165, 1.54) is 39.9 Å². The first-order valence-corrected chi connectivity index (χ1v) is 13.9. The number of allylic oxidation sites excluding steroid dienone is 8. The molecule has 0 aromatic carbocycles. The van der Waals surface area contributed by atoms with Crippen molar-refractivity contribution in [2.24, 2.45) is 5.73 Å². The average Bonchev–Trinajstić information content (AvgIpc) is 2.89. The number of rotatable bonds is 23. The Hall–Kier alpha value is -1.83. The Morgan fingerprint density at radius 3 is 2.00 bits per heavy atom. The van der Waals surface area contributed by atoms with Crippen LogP contribution in [0, 0.1) is 0 Å². The highest BCUT2D eigenvalue weighted by Crippen LogP contribution is 2.38. The summed E-state index contributed by atoms with van der Waals surface area (Å²) in [6.07, 6.45) is 27.6. The molecule has 9 heteroatoms. The van der Waals surface area contributed by atoms with Crippen LogP contribution >= 0.6 is 8.60 Å². The van der Waals surface area contributed by atoms with Gasteiger partial charge in [-0.3, -0.25) is 9.59 Å². The Balaban J connectivity index is 3.68. The Kier molecular flexibility index (Phi) is 24.9. The largest absolute Gasteiger partial charge is 0.468 e. The van der Waals surface area contributed by atoms with Gasteiger partial charge >= 0.3 is 14.6 Å². The highest BCUT2D eigenvalue weighted by atomic mass is 31.2. The zero-order valence-electron chi connectivity index (χ0n) is 22.4. The first kappa shape index (κ1) is 34.2. The fourth-order valence-corrected chi connectivity index (χ4v) is 3.65. The molecule has 0 bridgehead atoms. The molecule has 0 aromatic rings. The molecule has 0 rings (SSSR count). The Labute approximate surface area is 219 Å². The van der Waals surface area contributed by atoms with Gasteiger partial charge in [-0.1, -0.05) is 68.4 Å². The summed E-state index contributed by atoms with van der Waals surface area (Å²) in [5.41, 5.74) is 5.59. The van der Waals surface area contributed by atoms with E-state index in [0.717, 1.165) is 32.1 Å². The number of esters is 1. The number of hydrogen-bond acceptors (Lipinski definition) is 7. The van der Waals surface area contributed by atoms with Crippen molar-refractivity contribution in [2.75, 3.05) is 34.0 Å². The molecule has 3 N–H and O–H groups in total. The first-order chi connectivity index (χ1) is 17.5. The van der Waals surface area contributed by atoms with Gasteiger partial charge in [-0.05, 0) is 44.9 Å². The molecule has 8 nitrogen and oxygen atoms in total. The summed E-state index contributed by atoms with van der Waals surface area (Å²) >= 11 is 0. The van der Waals surface area contributed by atoms with E-state index in [9.17, 15) is 9.59 Å². The molecule has 0 aliphatic rings. The minimum atomic E-state index is -1.64. The van der Waals surface area contributed by atoms with Crippen LogP contribution < -0.4 is 11.1 Å². The fourth-order valence-electron chi connectivity index (χ4n) is 2.84. The zero-order chi connectivity index (χ0) is 26.7. The molecular formula is C27H47N2O6P. The SMILES string of the molecule is CCCCC/C=C\C/C=C\C/C=C\C/C=C\CCCC(=O)NCCOP(OC)OCC(N)C(=O)OC. The quantitative estimate of drug-likeness (QED) is 0.0766. The number of amides is 1. The van der Waals surface area contributed by atoms with E-state index in [1.807, 2.05) is 0 Å². The molecule has 0 aromatic heterocycles. The Morgan fingerprint density at radius 1 is 0.861 bits per heavy atom.